The molecule has 5 heterocycles. The Labute approximate surface area is 222 Å². The molecule has 0 bridgehead atoms. The summed E-state index contributed by atoms with van der Waals surface area (Å²) in [7, 11) is 0.0621. The van der Waals surface area contributed by atoms with E-state index in [1.54, 1.807) is 24.0 Å². The molecular formula is C25H32N10O2S. The number of hydrogen-bond acceptors (Lipinski definition) is 9. The van der Waals surface area contributed by atoms with Gasteiger partial charge in [-0.05, 0) is 51.4 Å². The van der Waals surface area contributed by atoms with Gasteiger partial charge >= 0.3 is 0 Å². The van der Waals surface area contributed by atoms with Gasteiger partial charge in [-0.15, -0.1) is 0 Å². The SMILES string of the molecule is CNCc1ccc(-n2cc(-c3nc(NC4CCN(S(=O)(=O)c5cn(C)cn5)CC4)ncc3C)cn2)c(C)n1. The Morgan fingerprint density at radius 3 is 2.53 bits per heavy atom. The molecule has 2 N–H and O–H groups in total. The van der Waals surface area contributed by atoms with Crippen LogP contribution in [0.5, 0.6) is 0 Å². The maximum absolute atomic E-state index is 12.9. The molecule has 1 fully saturated rings. The fraction of sp³-hybridized carbons (Fsp3) is 0.400. The zero-order valence-electron chi connectivity index (χ0n) is 22.0. The van der Waals surface area contributed by atoms with E-state index in [2.05, 4.69) is 30.7 Å². The Balaban J connectivity index is 1.27. The summed E-state index contributed by atoms with van der Waals surface area (Å²) in [5.74, 6) is 0.513. The Bertz CT molecular complexity index is 1540. The van der Waals surface area contributed by atoms with Crippen molar-refractivity contribution in [3.05, 3.63) is 60.2 Å². The molecule has 0 saturated carbocycles. The molecule has 1 aliphatic rings. The van der Waals surface area contributed by atoms with Crippen molar-refractivity contribution in [1.82, 2.24) is 43.9 Å². The summed E-state index contributed by atoms with van der Waals surface area (Å²) in [5.41, 5.74) is 5.39. The number of aromatic nitrogens is 7. The zero-order chi connectivity index (χ0) is 26.9. The second kappa shape index (κ2) is 10.6. The molecule has 0 radical (unpaired) electrons. The smallest absolute Gasteiger partial charge is 0.262 e. The summed E-state index contributed by atoms with van der Waals surface area (Å²) in [4.78, 5) is 17.9. The van der Waals surface area contributed by atoms with Crippen molar-refractivity contribution in [2.24, 2.45) is 7.05 Å². The molecule has 5 rings (SSSR count). The molecule has 0 aliphatic carbocycles. The first-order chi connectivity index (χ1) is 18.2. The maximum Gasteiger partial charge on any atom is 0.262 e. The van der Waals surface area contributed by atoms with Crippen molar-refractivity contribution in [3.63, 3.8) is 0 Å². The van der Waals surface area contributed by atoms with Crippen molar-refractivity contribution in [3.8, 4) is 16.9 Å². The summed E-state index contributed by atoms with van der Waals surface area (Å²) >= 11 is 0. The van der Waals surface area contributed by atoms with Gasteiger partial charge in [0.2, 0.25) is 5.95 Å². The van der Waals surface area contributed by atoms with Gasteiger partial charge in [0.1, 0.15) is 0 Å². The number of nitrogens with zero attached hydrogens (tertiary/aromatic N) is 8. The van der Waals surface area contributed by atoms with Crippen LogP contribution in [0, 0.1) is 13.8 Å². The van der Waals surface area contributed by atoms with Crippen LogP contribution in [0.2, 0.25) is 0 Å². The maximum atomic E-state index is 12.9. The second-order valence-electron chi connectivity index (χ2n) is 9.54. The third-order valence-electron chi connectivity index (χ3n) is 6.62. The van der Waals surface area contributed by atoms with Crippen molar-refractivity contribution in [2.75, 3.05) is 25.5 Å². The van der Waals surface area contributed by atoms with E-state index < -0.39 is 10.0 Å². The number of anilines is 1. The number of nitrogens with one attached hydrogen (secondary N) is 2. The van der Waals surface area contributed by atoms with Gasteiger partial charge in [-0.25, -0.2) is 28.1 Å². The normalized spacial score (nSPS) is 15.2. The monoisotopic (exact) mass is 536 g/mol. The Morgan fingerprint density at radius 1 is 1.05 bits per heavy atom. The quantitative estimate of drug-likeness (QED) is 0.347. The van der Waals surface area contributed by atoms with Crippen LogP contribution in [0.25, 0.3) is 16.9 Å². The molecule has 0 spiro atoms. The van der Waals surface area contributed by atoms with E-state index in [-0.39, 0.29) is 11.1 Å². The molecule has 4 aromatic rings. The Hall–Kier alpha value is -3.68. The van der Waals surface area contributed by atoms with E-state index >= 15 is 0 Å². The average molecular weight is 537 g/mol. The summed E-state index contributed by atoms with van der Waals surface area (Å²) in [6.07, 6.45) is 9.85. The molecule has 1 aliphatic heterocycles. The molecule has 38 heavy (non-hydrogen) atoms. The minimum Gasteiger partial charge on any atom is -0.351 e. The van der Waals surface area contributed by atoms with Crippen molar-refractivity contribution in [1.29, 1.82) is 0 Å². The molecular weight excluding hydrogens is 504 g/mol. The zero-order valence-corrected chi connectivity index (χ0v) is 22.8. The molecule has 12 nitrogen and oxygen atoms in total. The van der Waals surface area contributed by atoms with Crippen LogP contribution in [0.15, 0.2) is 48.3 Å². The lowest BCUT2D eigenvalue weighted by molar-refractivity contribution is 0.328. The molecule has 0 aromatic carbocycles. The lowest BCUT2D eigenvalue weighted by atomic mass is 10.1. The standard InChI is InChI=1S/C25H32N10O2S/c1-17-11-27-25(31-20-7-9-34(10-8-20)38(36,37)23-15-33(4)16-28-23)32-24(17)19-12-29-35(14-19)22-6-5-21(13-26-3)30-18(22)2/h5-6,11-12,14-16,20,26H,7-10,13H2,1-4H3,(H,27,31,32). The van der Waals surface area contributed by atoms with Gasteiger partial charge in [0.05, 0.1) is 35.3 Å². The van der Waals surface area contributed by atoms with Crippen LogP contribution >= 0.6 is 0 Å². The molecule has 0 amide bonds. The third-order valence-corrected chi connectivity index (χ3v) is 8.40. The second-order valence-corrected chi connectivity index (χ2v) is 11.4. The topological polar surface area (TPSA) is 136 Å². The lowest BCUT2D eigenvalue weighted by Crippen LogP contribution is -2.42. The first-order valence-corrected chi connectivity index (χ1v) is 13.9. The number of imidazole rings is 1. The third kappa shape index (κ3) is 5.30. The molecule has 1 saturated heterocycles. The van der Waals surface area contributed by atoms with Crippen molar-refractivity contribution >= 4 is 16.0 Å². The summed E-state index contributed by atoms with van der Waals surface area (Å²) in [5, 5.41) is 11.1. The number of aryl methyl sites for hydroxylation is 3. The first-order valence-electron chi connectivity index (χ1n) is 12.5. The molecule has 13 heteroatoms. The molecule has 4 aromatic heterocycles. The van der Waals surface area contributed by atoms with Gasteiger partial charge in [0, 0.05) is 56.9 Å². The van der Waals surface area contributed by atoms with Gasteiger partial charge in [-0.3, -0.25) is 4.98 Å². The van der Waals surface area contributed by atoms with Crippen molar-refractivity contribution in [2.45, 2.75) is 44.3 Å². The van der Waals surface area contributed by atoms with Gasteiger partial charge < -0.3 is 15.2 Å². The van der Waals surface area contributed by atoms with E-state index in [4.69, 9.17) is 4.98 Å². The van der Waals surface area contributed by atoms with Crippen LogP contribution in [0.3, 0.4) is 0 Å². The van der Waals surface area contributed by atoms with Gasteiger partial charge in [-0.2, -0.15) is 9.40 Å². The number of pyridine rings is 1. The van der Waals surface area contributed by atoms with E-state index in [9.17, 15) is 8.42 Å². The van der Waals surface area contributed by atoms with Gasteiger partial charge in [0.15, 0.2) is 5.03 Å². The van der Waals surface area contributed by atoms with E-state index in [1.165, 1.54) is 16.8 Å². The predicted molar refractivity (Wildman–Crippen MR) is 143 cm³/mol. The predicted octanol–water partition coefficient (Wildman–Crippen LogP) is 2.06. The van der Waals surface area contributed by atoms with E-state index in [1.807, 2.05) is 43.9 Å². The highest BCUT2D eigenvalue weighted by Gasteiger charge is 2.31. The highest BCUT2D eigenvalue weighted by molar-refractivity contribution is 7.89. The molecule has 0 atom stereocenters. The summed E-state index contributed by atoms with van der Waals surface area (Å²) in [6.45, 7) is 5.46. The number of piperidine rings is 1. The van der Waals surface area contributed by atoms with E-state index in [0.717, 1.165) is 33.9 Å². The Kier molecular flexibility index (Phi) is 7.23. The van der Waals surface area contributed by atoms with Crippen LogP contribution in [0.1, 0.15) is 29.8 Å². The van der Waals surface area contributed by atoms with Gasteiger partial charge in [0.25, 0.3) is 10.0 Å². The lowest BCUT2D eigenvalue weighted by Gasteiger charge is -2.31. The summed E-state index contributed by atoms with van der Waals surface area (Å²) < 4.78 is 30.7. The minimum absolute atomic E-state index is 0.0633. The highest BCUT2D eigenvalue weighted by Crippen LogP contribution is 2.25. The van der Waals surface area contributed by atoms with Gasteiger partial charge in [-0.1, -0.05) is 0 Å². The Morgan fingerprint density at radius 2 is 1.84 bits per heavy atom. The fourth-order valence-electron chi connectivity index (χ4n) is 4.59. The van der Waals surface area contributed by atoms with Crippen LogP contribution in [-0.2, 0) is 23.6 Å². The van der Waals surface area contributed by atoms with Crippen LogP contribution in [0.4, 0.5) is 5.95 Å². The first kappa shape index (κ1) is 25.9. The average Bonchev–Trinajstić information content (AvgIpc) is 3.56. The number of sulfonamides is 1. The van der Waals surface area contributed by atoms with Crippen LogP contribution in [-0.4, -0.2) is 73.2 Å². The number of hydrogen-bond donors (Lipinski definition) is 2. The minimum atomic E-state index is -3.59. The largest absolute Gasteiger partial charge is 0.351 e. The number of rotatable bonds is 8. The van der Waals surface area contributed by atoms with Crippen molar-refractivity contribution < 1.29 is 8.42 Å². The highest BCUT2D eigenvalue weighted by atomic mass is 32.2. The van der Waals surface area contributed by atoms with Crippen LogP contribution < -0.4 is 10.6 Å². The summed E-state index contributed by atoms with van der Waals surface area (Å²) in [6, 6.07) is 4.07. The fourth-order valence-corrected chi connectivity index (χ4v) is 6.02. The van der Waals surface area contributed by atoms with E-state index in [0.29, 0.717) is 38.4 Å². The molecule has 0 unspecified atom stereocenters. The molecule has 200 valence electrons.